The normalized spacial score (nSPS) is 18.7. The van der Waals surface area contributed by atoms with Crippen molar-refractivity contribution in [3.05, 3.63) is 34.9 Å². The highest BCUT2D eigenvalue weighted by atomic mass is 35.5. The maximum atomic E-state index is 6.00. The summed E-state index contributed by atoms with van der Waals surface area (Å²) in [5.74, 6) is 0. The van der Waals surface area contributed by atoms with E-state index < -0.39 is 0 Å². The van der Waals surface area contributed by atoms with Gasteiger partial charge in [-0.05, 0) is 64.0 Å². The lowest BCUT2D eigenvalue weighted by Crippen LogP contribution is -2.51. The molecule has 1 unspecified atom stereocenters. The average Bonchev–Trinajstić information content (AvgIpc) is 2.92. The van der Waals surface area contributed by atoms with Gasteiger partial charge in [0, 0.05) is 10.6 Å². The Morgan fingerprint density at radius 2 is 1.79 bits per heavy atom. The van der Waals surface area contributed by atoms with Crippen molar-refractivity contribution in [3.8, 4) is 0 Å². The van der Waals surface area contributed by atoms with Crippen LogP contribution in [-0.4, -0.2) is 30.1 Å². The van der Waals surface area contributed by atoms with Crippen LogP contribution in [0.1, 0.15) is 45.2 Å². The Hall–Kier alpha value is -0.570. The molecule has 0 bridgehead atoms. The quantitative estimate of drug-likeness (QED) is 0.881. The molecular weight excluding hydrogens is 256 g/mol. The van der Waals surface area contributed by atoms with E-state index in [-0.39, 0.29) is 5.54 Å². The third-order valence-electron chi connectivity index (χ3n) is 4.24. The molecular formula is C16H25ClN2. The lowest BCUT2D eigenvalue weighted by molar-refractivity contribution is 0.107. The summed E-state index contributed by atoms with van der Waals surface area (Å²) in [6.45, 7) is 10.3. The van der Waals surface area contributed by atoms with Crippen molar-refractivity contribution in [2.75, 3.05) is 19.6 Å². The maximum Gasteiger partial charge on any atom is 0.0501 e. The molecule has 1 saturated heterocycles. The Morgan fingerprint density at radius 1 is 1.21 bits per heavy atom. The van der Waals surface area contributed by atoms with Gasteiger partial charge in [-0.15, -0.1) is 0 Å². The number of hydrogen-bond acceptors (Lipinski definition) is 2. The minimum absolute atomic E-state index is 0.125. The zero-order valence-corrected chi connectivity index (χ0v) is 13.0. The first-order valence-corrected chi connectivity index (χ1v) is 7.67. The lowest BCUT2D eigenvalue weighted by atomic mass is 9.87. The van der Waals surface area contributed by atoms with Crippen molar-refractivity contribution < 1.29 is 0 Å². The smallest absolute Gasteiger partial charge is 0.0501 e. The van der Waals surface area contributed by atoms with Crippen LogP contribution in [0.2, 0.25) is 5.02 Å². The van der Waals surface area contributed by atoms with Crippen LogP contribution in [0.3, 0.4) is 0 Å². The number of rotatable bonds is 5. The standard InChI is InChI=1S/C16H25ClN2/c1-4-18-15(13-7-9-14(17)10-8-13)16(2,3)19-11-5-6-12-19/h7-10,15,18H,4-6,11-12H2,1-3H3. The minimum atomic E-state index is 0.125. The molecule has 0 spiro atoms. The van der Waals surface area contributed by atoms with E-state index >= 15 is 0 Å². The van der Waals surface area contributed by atoms with Gasteiger partial charge in [-0.2, -0.15) is 0 Å². The molecule has 19 heavy (non-hydrogen) atoms. The highest BCUT2D eigenvalue weighted by molar-refractivity contribution is 6.30. The summed E-state index contributed by atoms with van der Waals surface area (Å²) in [5, 5.41) is 4.45. The molecule has 2 nitrogen and oxygen atoms in total. The van der Waals surface area contributed by atoms with Crippen LogP contribution < -0.4 is 5.32 Å². The van der Waals surface area contributed by atoms with E-state index in [2.05, 4.69) is 43.1 Å². The van der Waals surface area contributed by atoms with Gasteiger partial charge in [-0.1, -0.05) is 30.7 Å². The lowest BCUT2D eigenvalue weighted by Gasteiger charge is -2.43. The largest absolute Gasteiger partial charge is 0.309 e. The number of nitrogens with one attached hydrogen (secondary N) is 1. The Balaban J connectivity index is 2.25. The number of likely N-dealkylation sites (N-methyl/N-ethyl adjacent to an activating group) is 1. The number of benzene rings is 1. The molecule has 0 aliphatic carbocycles. The Bertz CT molecular complexity index is 394. The van der Waals surface area contributed by atoms with E-state index in [1.165, 1.54) is 31.5 Å². The Labute approximate surface area is 122 Å². The monoisotopic (exact) mass is 280 g/mol. The van der Waals surface area contributed by atoms with Gasteiger partial charge < -0.3 is 5.32 Å². The van der Waals surface area contributed by atoms with Crippen molar-refractivity contribution in [1.29, 1.82) is 0 Å². The summed E-state index contributed by atoms with van der Waals surface area (Å²) in [4.78, 5) is 2.61. The van der Waals surface area contributed by atoms with Crippen molar-refractivity contribution >= 4 is 11.6 Å². The summed E-state index contributed by atoms with van der Waals surface area (Å²) in [5.41, 5.74) is 1.45. The highest BCUT2D eigenvalue weighted by Gasteiger charge is 2.37. The predicted molar refractivity (Wildman–Crippen MR) is 82.8 cm³/mol. The number of nitrogens with zero attached hydrogens (tertiary/aromatic N) is 1. The predicted octanol–water partition coefficient (Wildman–Crippen LogP) is 3.87. The van der Waals surface area contributed by atoms with Gasteiger partial charge in [0.05, 0.1) is 6.04 Å². The first kappa shape index (κ1) is 14.8. The molecule has 0 amide bonds. The van der Waals surface area contributed by atoms with E-state index in [1.54, 1.807) is 0 Å². The van der Waals surface area contributed by atoms with Gasteiger partial charge in [0.1, 0.15) is 0 Å². The summed E-state index contributed by atoms with van der Waals surface area (Å²) in [7, 11) is 0. The zero-order valence-electron chi connectivity index (χ0n) is 12.2. The number of hydrogen-bond donors (Lipinski definition) is 1. The fourth-order valence-electron chi connectivity index (χ4n) is 3.11. The van der Waals surface area contributed by atoms with Gasteiger partial charge in [-0.25, -0.2) is 0 Å². The van der Waals surface area contributed by atoms with E-state index in [1.807, 2.05) is 12.1 Å². The molecule has 1 aliphatic heterocycles. The second-order valence-electron chi connectivity index (χ2n) is 5.89. The van der Waals surface area contributed by atoms with E-state index in [0.29, 0.717) is 6.04 Å². The summed E-state index contributed by atoms with van der Waals surface area (Å²) in [6, 6.07) is 8.61. The maximum absolute atomic E-state index is 6.00. The van der Waals surface area contributed by atoms with Crippen LogP contribution in [0.15, 0.2) is 24.3 Å². The molecule has 0 radical (unpaired) electrons. The van der Waals surface area contributed by atoms with Gasteiger partial charge in [0.2, 0.25) is 0 Å². The van der Waals surface area contributed by atoms with Crippen LogP contribution in [0.25, 0.3) is 0 Å². The molecule has 1 atom stereocenters. The van der Waals surface area contributed by atoms with Crippen LogP contribution >= 0.6 is 11.6 Å². The summed E-state index contributed by atoms with van der Waals surface area (Å²) in [6.07, 6.45) is 2.64. The van der Waals surface area contributed by atoms with Gasteiger partial charge in [0.15, 0.2) is 0 Å². The van der Waals surface area contributed by atoms with Crippen LogP contribution in [0.5, 0.6) is 0 Å². The molecule has 0 saturated carbocycles. The highest BCUT2D eigenvalue weighted by Crippen LogP contribution is 2.33. The number of halogens is 1. The third kappa shape index (κ3) is 3.31. The van der Waals surface area contributed by atoms with Crippen LogP contribution in [0.4, 0.5) is 0 Å². The van der Waals surface area contributed by atoms with E-state index in [4.69, 9.17) is 11.6 Å². The average molecular weight is 281 g/mol. The molecule has 1 aromatic carbocycles. The van der Waals surface area contributed by atoms with Crippen molar-refractivity contribution in [2.24, 2.45) is 0 Å². The zero-order chi connectivity index (χ0) is 13.9. The molecule has 1 N–H and O–H groups in total. The molecule has 1 fully saturated rings. The molecule has 3 heteroatoms. The SMILES string of the molecule is CCNC(c1ccc(Cl)cc1)C(C)(C)N1CCCC1. The van der Waals surface area contributed by atoms with Gasteiger partial charge in [-0.3, -0.25) is 4.90 Å². The Kier molecular flexibility index (Phi) is 4.88. The van der Waals surface area contributed by atoms with Gasteiger partial charge in [0.25, 0.3) is 0 Å². The first-order chi connectivity index (χ1) is 9.05. The number of likely N-dealkylation sites (tertiary alicyclic amines) is 1. The molecule has 106 valence electrons. The minimum Gasteiger partial charge on any atom is -0.309 e. The topological polar surface area (TPSA) is 15.3 Å². The van der Waals surface area contributed by atoms with Crippen LogP contribution in [-0.2, 0) is 0 Å². The molecule has 1 aliphatic rings. The molecule has 1 aromatic rings. The summed E-state index contributed by atoms with van der Waals surface area (Å²) < 4.78 is 0. The van der Waals surface area contributed by atoms with E-state index in [9.17, 15) is 0 Å². The van der Waals surface area contributed by atoms with Crippen molar-refractivity contribution in [1.82, 2.24) is 10.2 Å². The fraction of sp³-hybridized carbons (Fsp3) is 0.625. The second-order valence-corrected chi connectivity index (χ2v) is 6.33. The van der Waals surface area contributed by atoms with Crippen LogP contribution in [0, 0.1) is 0 Å². The molecule has 2 rings (SSSR count). The fourth-order valence-corrected chi connectivity index (χ4v) is 3.24. The summed E-state index contributed by atoms with van der Waals surface area (Å²) >= 11 is 6.00. The molecule has 1 heterocycles. The van der Waals surface area contributed by atoms with E-state index in [0.717, 1.165) is 11.6 Å². The van der Waals surface area contributed by atoms with Gasteiger partial charge >= 0.3 is 0 Å². The molecule has 0 aromatic heterocycles. The van der Waals surface area contributed by atoms with Crippen molar-refractivity contribution in [2.45, 2.75) is 45.2 Å². The third-order valence-corrected chi connectivity index (χ3v) is 4.49. The Morgan fingerprint density at radius 3 is 2.32 bits per heavy atom. The second kappa shape index (κ2) is 6.25. The first-order valence-electron chi connectivity index (χ1n) is 7.29. The van der Waals surface area contributed by atoms with Crippen molar-refractivity contribution in [3.63, 3.8) is 0 Å².